The second-order valence-electron chi connectivity index (χ2n) is 6.69. The molecule has 4 aromatic rings. The lowest BCUT2D eigenvalue weighted by atomic mass is 10.2. The Morgan fingerprint density at radius 1 is 1.00 bits per heavy atom. The van der Waals surface area contributed by atoms with E-state index >= 15 is 0 Å². The summed E-state index contributed by atoms with van der Waals surface area (Å²) in [7, 11) is -1.73. The van der Waals surface area contributed by atoms with E-state index in [0.717, 1.165) is 33.8 Å². The molecule has 0 N–H and O–H groups in total. The Labute approximate surface area is 191 Å². The van der Waals surface area contributed by atoms with Crippen molar-refractivity contribution in [1.82, 2.24) is 9.97 Å². The zero-order valence-electron chi connectivity index (χ0n) is 17.2. The molecule has 0 spiro atoms. The number of hydrogen-bond acceptors (Lipinski definition) is 7. The van der Waals surface area contributed by atoms with Gasteiger partial charge in [-0.2, -0.15) is 13.2 Å². The molecule has 0 aliphatic carbocycles. The number of sulfonamides is 1. The Morgan fingerprint density at radius 3 is 2.39 bits per heavy atom. The molecule has 0 saturated heterocycles. The van der Waals surface area contributed by atoms with Crippen molar-refractivity contribution in [1.29, 1.82) is 0 Å². The average Bonchev–Trinajstić information content (AvgIpc) is 3.31. The normalized spacial score (nSPS) is 12.0. The van der Waals surface area contributed by atoms with E-state index in [-0.39, 0.29) is 21.5 Å². The number of halogens is 3. The van der Waals surface area contributed by atoms with Gasteiger partial charge in [0.2, 0.25) is 5.13 Å². The Hall–Kier alpha value is -3.38. The molecule has 0 unspecified atom stereocenters. The monoisotopic (exact) mass is 495 g/mol. The van der Waals surface area contributed by atoms with Gasteiger partial charge in [0.15, 0.2) is 0 Å². The summed E-state index contributed by atoms with van der Waals surface area (Å²) in [5.74, 6) is 0.101. The molecule has 0 amide bonds. The van der Waals surface area contributed by atoms with E-state index in [9.17, 15) is 21.6 Å². The number of nitrogens with zero attached hydrogens (tertiary/aromatic N) is 3. The Kier molecular flexibility index (Phi) is 5.89. The summed E-state index contributed by atoms with van der Waals surface area (Å²) in [6, 6.07) is 6.97. The van der Waals surface area contributed by atoms with Gasteiger partial charge >= 0.3 is 6.18 Å². The average molecular weight is 496 g/mol. The molecule has 0 aliphatic rings. The first-order valence-electron chi connectivity index (χ1n) is 9.28. The van der Waals surface area contributed by atoms with Crippen molar-refractivity contribution in [2.45, 2.75) is 11.1 Å². The molecule has 0 aliphatic heterocycles. The van der Waals surface area contributed by atoms with Gasteiger partial charge in [-0.05, 0) is 30.3 Å². The Balaban J connectivity index is 1.93. The fourth-order valence-electron chi connectivity index (χ4n) is 3.22. The first-order chi connectivity index (χ1) is 15.7. The largest absolute Gasteiger partial charge is 0.495 e. The van der Waals surface area contributed by atoms with E-state index in [2.05, 4.69) is 9.97 Å². The van der Waals surface area contributed by atoms with Crippen molar-refractivity contribution in [3.8, 4) is 11.5 Å². The maximum atomic E-state index is 13.8. The molecule has 0 atom stereocenters. The third-order valence-electron chi connectivity index (χ3n) is 4.77. The van der Waals surface area contributed by atoms with Crippen LogP contribution in [0.1, 0.15) is 5.56 Å². The van der Waals surface area contributed by atoms with E-state index < -0.39 is 21.8 Å². The lowest BCUT2D eigenvalue weighted by Gasteiger charge is -2.24. The number of fused-ring (bicyclic) bond motifs is 1. The predicted octanol–water partition coefficient (Wildman–Crippen LogP) is 5.25. The fraction of sp³-hybridized carbons (Fsp3) is 0.143. The van der Waals surface area contributed by atoms with E-state index in [1.165, 1.54) is 38.7 Å². The molecule has 2 aromatic carbocycles. The van der Waals surface area contributed by atoms with Crippen molar-refractivity contribution in [2.24, 2.45) is 0 Å². The zero-order chi connectivity index (χ0) is 23.8. The van der Waals surface area contributed by atoms with Gasteiger partial charge in [0.1, 0.15) is 17.2 Å². The molecular weight excluding hydrogens is 479 g/mol. The van der Waals surface area contributed by atoms with Gasteiger partial charge in [0.05, 0.1) is 30.9 Å². The van der Waals surface area contributed by atoms with Crippen molar-refractivity contribution in [3.63, 3.8) is 0 Å². The molecule has 4 rings (SSSR count). The van der Waals surface area contributed by atoms with Crippen LogP contribution in [-0.4, -0.2) is 32.6 Å². The fourth-order valence-corrected chi connectivity index (χ4v) is 5.58. The Morgan fingerprint density at radius 2 is 1.76 bits per heavy atom. The van der Waals surface area contributed by atoms with Gasteiger partial charge in [-0.1, -0.05) is 6.07 Å². The molecule has 12 heteroatoms. The number of methoxy groups -OCH3 is 2. The Bertz CT molecular complexity index is 1410. The van der Waals surface area contributed by atoms with Crippen LogP contribution in [0.15, 0.2) is 65.3 Å². The maximum absolute atomic E-state index is 13.8. The molecule has 0 bridgehead atoms. The number of thiazole rings is 1. The van der Waals surface area contributed by atoms with Gasteiger partial charge in [-0.3, -0.25) is 4.98 Å². The van der Waals surface area contributed by atoms with Crippen molar-refractivity contribution in [2.75, 3.05) is 18.5 Å². The van der Waals surface area contributed by atoms with Crippen LogP contribution in [0.2, 0.25) is 0 Å². The summed E-state index contributed by atoms with van der Waals surface area (Å²) in [4.78, 5) is 8.01. The van der Waals surface area contributed by atoms with E-state index in [0.29, 0.717) is 16.5 Å². The highest BCUT2D eigenvalue weighted by Gasteiger charge is 2.35. The maximum Gasteiger partial charge on any atom is 0.416 e. The van der Waals surface area contributed by atoms with Crippen LogP contribution in [0.4, 0.5) is 24.0 Å². The quantitative estimate of drug-likeness (QED) is 0.363. The number of benzene rings is 2. The SMILES string of the molecule is COc1cc(C(F)(F)F)ccc1N(c1nccs1)S(=O)(=O)c1ccc2cncc(OC)c2c1. The van der Waals surface area contributed by atoms with Crippen LogP contribution in [0.5, 0.6) is 11.5 Å². The van der Waals surface area contributed by atoms with Crippen LogP contribution >= 0.6 is 11.3 Å². The lowest BCUT2D eigenvalue weighted by Crippen LogP contribution is -2.27. The first kappa shape index (κ1) is 22.8. The van der Waals surface area contributed by atoms with Gasteiger partial charge < -0.3 is 9.47 Å². The highest BCUT2D eigenvalue weighted by Crippen LogP contribution is 2.42. The first-order valence-corrected chi connectivity index (χ1v) is 11.6. The molecule has 2 aromatic heterocycles. The molecule has 172 valence electrons. The lowest BCUT2D eigenvalue weighted by molar-refractivity contribution is -0.137. The van der Waals surface area contributed by atoms with E-state index in [1.54, 1.807) is 17.6 Å². The van der Waals surface area contributed by atoms with Gasteiger partial charge in [-0.15, -0.1) is 11.3 Å². The van der Waals surface area contributed by atoms with Crippen LogP contribution in [0, 0.1) is 0 Å². The molecule has 33 heavy (non-hydrogen) atoms. The smallest absolute Gasteiger partial charge is 0.416 e. The number of anilines is 2. The third-order valence-corrected chi connectivity index (χ3v) is 7.34. The van der Waals surface area contributed by atoms with Crippen LogP contribution < -0.4 is 13.8 Å². The molecule has 0 saturated carbocycles. The highest BCUT2D eigenvalue weighted by atomic mass is 32.2. The number of aromatic nitrogens is 2. The summed E-state index contributed by atoms with van der Waals surface area (Å²) in [5.41, 5.74) is -1.08. The van der Waals surface area contributed by atoms with Crippen molar-refractivity contribution >= 4 is 43.0 Å². The standard InChI is InChI=1S/C21H16F3N3O4S2/c1-30-18-9-14(21(22,23)24)4-6-17(18)27(20-26-7-8-32-20)33(28,29)15-5-3-13-11-25-12-19(31-2)16(13)10-15/h3-12H,1-2H3. The van der Waals surface area contributed by atoms with Gasteiger partial charge in [0, 0.05) is 28.5 Å². The minimum Gasteiger partial charge on any atom is -0.495 e. The summed E-state index contributed by atoms with van der Waals surface area (Å²) < 4.78 is 78.5. The minimum atomic E-state index is -4.63. The molecule has 0 fully saturated rings. The van der Waals surface area contributed by atoms with Gasteiger partial charge in [-0.25, -0.2) is 17.7 Å². The number of pyridine rings is 1. The second-order valence-corrected chi connectivity index (χ2v) is 9.35. The van der Waals surface area contributed by atoms with Crippen LogP contribution in [0.3, 0.4) is 0 Å². The van der Waals surface area contributed by atoms with Crippen LogP contribution in [-0.2, 0) is 16.2 Å². The number of rotatable bonds is 6. The highest BCUT2D eigenvalue weighted by molar-refractivity contribution is 7.93. The molecule has 7 nitrogen and oxygen atoms in total. The number of alkyl halides is 3. The van der Waals surface area contributed by atoms with E-state index in [1.807, 2.05) is 0 Å². The van der Waals surface area contributed by atoms with E-state index in [4.69, 9.17) is 9.47 Å². The predicted molar refractivity (Wildman–Crippen MR) is 118 cm³/mol. The minimum absolute atomic E-state index is 0.0369. The molecule has 2 heterocycles. The molecule has 0 radical (unpaired) electrons. The van der Waals surface area contributed by atoms with Crippen molar-refractivity contribution in [3.05, 3.63) is 65.9 Å². The molecular formula is C21H16F3N3O4S2. The summed E-state index contributed by atoms with van der Waals surface area (Å²) in [6.45, 7) is 0. The van der Waals surface area contributed by atoms with Crippen molar-refractivity contribution < 1.29 is 31.1 Å². The summed E-state index contributed by atoms with van der Waals surface area (Å²) >= 11 is 1.01. The second kappa shape index (κ2) is 8.52. The number of hydrogen-bond donors (Lipinski definition) is 0. The zero-order valence-corrected chi connectivity index (χ0v) is 18.8. The summed E-state index contributed by atoms with van der Waals surface area (Å²) in [6.07, 6.45) is -0.213. The van der Waals surface area contributed by atoms with Gasteiger partial charge in [0.25, 0.3) is 10.0 Å². The number of ether oxygens (including phenoxy) is 2. The van der Waals surface area contributed by atoms with Crippen LogP contribution in [0.25, 0.3) is 10.8 Å². The topological polar surface area (TPSA) is 81.6 Å². The summed E-state index contributed by atoms with van der Waals surface area (Å²) in [5, 5.41) is 2.76. The third kappa shape index (κ3) is 4.18.